The summed E-state index contributed by atoms with van der Waals surface area (Å²) in [6, 6.07) is 11.1. The molecule has 5 nitrogen and oxygen atoms in total. The summed E-state index contributed by atoms with van der Waals surface area (Å²) < 4.78 is 1.19. The Morgan fingerprint density at radius 2 is 2.04 bits per heavy atom. The lowest BCUT2D eigenvalue weighted by atomic mass is 10.0. The number of aryl methyl sites for hydroxylation is 1. The Morgan fingerprint density at radius 1 is 1.24 bits per heavy atom. The monoisotopic (exact) mass is 355 g/mol. The summed E-state index contributed by atoms with van der Waals surface area (Å²) in [7, 11) is 0. The fourth-order valence-electron chi connectivity index (χ4n) is 2.71. The van der Waals surface area contributed by atoms with Crippen molar-refractivity contribution in [3.63, 3.8) is 0 Å². The highest BCUT2D eigenvalue weighted by molar-refractivity contribution is 7.18. The Bertz CT molecular complexity index is 910. The van der Waals surface area contributed by atoms with E-state index < -0.39 is 0 Å². The third-order valence-corrected chi connectivity index (χ3v) is 5.06. The van der Waals surface area contributed by atoms with Gasteiger partial charge in [0, 0.05) is 24.7 Å². The molecule has 0 aliphatic rings. The molecule has 1 aromatic carbocycles. The molecule has 0 unspecified atom stereocenters. The lowest BCUT2D eigenvalue weighted by molar-refractivity contribution is 0.0951. The second-order valence-corrected chi connectivity index (χ2v) is 7.35. The van der Waals surface area contributed by atoms with Gasteiger partial charge in [0.1, 0.15) is 0 Å². The van der Waals surface area contributed by atoms with Gasteiger partial charge in [0.2, 0.25) is 5.56 Å². The maximum Gasteiger partial charge on any atom is 0.253 e. The largest absolute Gasteiger partial charge is 0.352 e. The zero-order valence-electron chi connectivity index (χ0n) is 14.3. The van der Waals surface area contributed by atoms with Crippen molar-refractivity contribution >= 4 is 27.5 Å². The van der Waals surface area contributed by atoms with Crippen LogP contribution in [0.2, 0.25) is 0 Å². The molecule has 3 rings (SSSR count). The fraction of sp³-hybridized carbons (Fsp3) is 0.316. The molecule has 0 saturated heterocycles. The van der Waals surface area contributed by atoms with Gasteiger partial charge in [-0.1, -0.05) is 26.0 Å². The quantitative estimate of drug-likeness (QED) is 0.665. The molecule has 1 amide bonds. The lowest BCUT2D eigenvalue weighted by Gasteiger charge is -2.12. The number of aromatic amines is 1. The highest BCUT2D eigenvalue weighted by Gasteiger charge is 2.14. The Morgan fingerprint density at radius 3 is 2.80 bits per heavy atom. The molecule has 0 spiro atoms. The number of nitrogens with zero attached hydrogens (tertiary/aromatic N) is 1. The number of rotatable bonds is 6. The molecule has 130 valence electrons. The number of pyridine rings is 1. The van der Waals surface area contributed by atoms with Gasteiger partial charge in [-0.05, 0) is 30.5 Å². The van der Waals surface area contributed by atoms with Crippen LogP contribution >= 0.6 is 11.3 Å². The van der Waals surface area contributed by atoms with Crippen LogP contribution in [0.15, 0.2) is 41.2 Å². The van der Waals surface area contributed by atoms with E-state index in [0.29, 0.717) is 17.8 Å². The average Bonchev–Trinajstić information content (AvgIpc) is 3.01. The van der Waals surface area contributed by atoms with Gasteiger partial charge in [-0.2, -0.15) is 0 Å². The smallest absolute Gasteiger partial charge is 0.253 e. The van der Waals surface area contributed by atoms with Crippen molar-refractivity contribution in [1.82, 2.24) is 15.3 Å². The summed E-state index contributed by atoms with van der Waals surface area (Å²) in [5, 5.41) is 4.02. The number of hydrogen-bond acceptors (Lipinski definition) is 4. The molecule has 0 aliphatic carbocycles. The summed E-state index contributed by atoms with van der Waals surface area (Å²) in [4.78, 5) is 31.2. The number of benzene rings is 1. The number of H-pyrrole nitrogens is 1. The standard InChI is InChI=1S/C19H21N3O2S/c1-12(2)18-13(9-10-16(23)22-18)19(24)20-11-5-8-17-21-14-6-3-4-7-15(14)25-17/h3-4,6-7,9-10,12H,5,8,11H2,1-2H3,(H,20,24)(H,22,23). The van der Waals surface area contributed by atoms with Crippen LogP contribution in [0, 0.1) is 0 Å². The predicted molar refractivity (Wildman–Crippen MR) is 101 cm³/mol. The number of nitrogens with one attached hydrogen (secondary N) is 2. The Hall–Kier alpha value is -2.47. The van der Waals surface area contributed by atoms with E-state index in [2.05, 4.69) is 21.4 Å². The highest BCUT2D eigenvalue weighted by Crippen LogP contribution is 2.22. The number of hydrogen-bond donors (Lipinski definition) is 2. The lowest BCUT2D eigenvalue weighted by Crippen LogP contribution is -2.27. The third kappa shape index (κ3) is 4.14. The van der Waals surface area contributed by atoms with Crippen molar-refractivity contribution in [1.29, 1.82) is 0 Å². The normalized spacial score (nSPS) is 11.2. The first-order chi connectivity index (χ1) is 12.0. The number of fused-ring (bicyclic) bond motifs is 1. The van der Waals surface area contributed by atoms with Gasteiger partial charge in [0.25, 0.3) is 5.91 Å². The van der Waals surface area contributed by atoms with Crippen LogP contribution in [-0.4, -0.2) is 22.4 Å². The van der Waals surface area contributed by atoms with Crippen LogP contribution in [0.3, 0.4) is 0 Å². The number of amides is 1. The Labute approximate surface area is 150 Å². The number of carbonyl (C=O) groups excluding carboxylic acids is 1. The molecule has 2 heterocycles. The maximum atomic E-state index is 12.4. The molecule has 6 heteroatoms. The van der Waals surface area contributed by atoms with Crippen LogP contribution in [0.1, 0.15) is 47.2 Å². The van der Waals surface area contributed by atoms with Gasteiger partial charge < -0.3 is 10.3 Å². The first-order valence-electron chi connectivity index (χ1n) is 8.40. The van der Waals surface area contributed by atoms with E-state index in [-0.39, 0.29) is 17.4 Å². The van der Waals surface area contributed by atoms with Gasteiger partial charge in [-0.15, -0.1) is 11.3 Å². The maximum absolute atomic E-state index is 12.4. The second kappa shape index (κ2) is 7.61. The zero-order valence-corrected chi connectivity index (χ0v) is 15.2. The van der Waals surface area contributed by atoms with E-state index in [9.17, 15) is 9.59 Å². The molecule has 0 aliphatic heterocycles. The molecule has 25 heavy (non-hydrogen) atoms. The van der Waals surface area contributed by atoms with Crippen LogP contribution < -0.4 is 10.9 Å². The third-order valence-electron chi connectivity index (χ3n) is 3.96. The van der Waals surface area contributed by atoms with E-state index >= 15 is 0 Å². The van der Waals surface area contributed by atoms with E-state index in [0.717, 1.165) is 23.4 Å². The van der Waals surface area contributed by atoms with Crippen molar-refractivity contribution in [3.8, 4) is 0 Å². The molecular formula is C19H21N3O2S. The van der Waals surface area contributed by atoms with Crippen molar-refractivity contribution < 1.29 is 4.79 Å². The van der Waals surface area contributed by atoms with Crippen LogP contribution in [0.25, 0.3) is 10.2 Å². The van der Waals surface area contributed by atoms with E-state index in [1.807, 2.05) is 32.0 Å². The Kier molecular flexibility index (Phi) is 5.28. The SMILES string of the molecule is CC(C)c1[nH]c(=O)ccc1C(=O)NCCCc1nc2ccccc2s1. The predicted octanol–water partition coefficient (Wildman–Crippen LogP) is 3.47. The minimum atomic E-state index is -0.184. The molecule has 0 bridgehead atoms. The summed E-state index contributed by atoms with van der Waals surface area (Å²) >= 11 is 1.70. The van der Waals surface area contributed by atoms with Gasteiger partial charge in [0.05, 0.1) is 20.8 Å². The fourth-order valence-corrected chi connectivity index (χ4v) is 3.72. The number of aromatic nitrogens is 2. The number of para-hydroxylation sites is 1. The summed E-state index contributed by atoms with van der Waals surface area (Å²) in [6.45, 7) is 4.48. The zero-order chi connectivity index (χ0) is 17.8. The summed E-state index contributed by atoms with van der Waals surface area (Å²) in [5.41, 5.74) is 2.06. The van der Waals surface area contributed by atoms with Gasteiger partial charge in [-0.3, -0.25) is 9.59 Å². The minimum Gasteiger partial charge on any atom is -0.352 e. The average molecular weight is 355 g/mol. The molecule has 2 N–H and O–H groups in total. The second-order valence-electron chi connectivity index (χ2n) is 6.24. The first-order valence-corrected chi connectivity index (χ1v) is 9.22. The van der Waals surface area contributed by atoms with Gasteiger partial charge in [-0.25, -0.2) is 4.98 Å². The van der Waals surface area contributed by atoms with Gasteiger partial charge in [0.15, 0.2) is 0 Å². The van der Waals surface area contributed by atoms with E-state index in [4.69, 9.17) is 0 Å². The van der Waals surface area contributed by atoms with Crippen molar-refractivity contribution in [3.05, 3.63) is 63.0 Å². The minimum absolute atomic E-state index is 0.0809. The molecular weight excluding hydrogens is 334 g/mol. The molecule has 0 atom stereocenters. The summed E-state index contributed by atoms with van der Waals surface area (Å²) in [5.74, 6) is -0.0679. The highest BCUT2D eigenvalue weighted by atomic mass is 32.1. The topological polar surface area (TPSA) is 74.8 Å². The van der Waals surface area contributed by atoms with Crippen molar-refractivity contribution in [2.75, 3.05) is 6.54 Å². The van der Waals surface area contributed by atoms with Crippen LogP contribution in [0.4, 0.5) is 0 Å². The van der Waals surface area contributed by atoms with E-state index in [1.165, 1.54) is 10.8 Å². The first kappa shape index (κ1) is 17.4. The van der Waals surface area contributed by atoms with E-state index in [1.54, 1.807) is 17.4 Å². The van der Waals surface area contributed by atoms with Crippen molar-refractivity contribution in [2.45, 2.75) is 32.6 Å². The molecule has 0 saturated carbocycles. The Balaban J connectivity index is 1.57. The number of thiazole rings is 1. The van der Waals surface area contributed by atoms with Crippen LogP contribution in [0.5, 0.6) is 0 Å². The molecule has 3 aromatic rings. The molecule has 2 aromatic heterocycles. The molecule has 0 radical (unpaired) electrons. The summed E-state index contributed by atoms with van der Waals surface area (Å²) in [6.07, 6.45) is 1.66. The van der Waals surface area contributed by atoms with Crippen molar-refractivity contribution in [2.24, 2.45) is 0 Å². The number of carbonyl (C=O) groups is 1. The molecule has 0 fully saturated rings. The van der Waals surface area contributed by atoms with Crippen LogP contribution in [-0.2, 0) is 6.42 Å². The van der Waals surface area contributed by atoms with Gasteiger partial charge >= 0.3 is 0 Å².